The molecule has 1 aliphatic heterocycles. The number of nitrogens with zero attached hydrogens (tertiary/aromatic N) is 1. The molecule has 1 amide bonds. The van der Waals surface area contributed by atoms with Gasteiger partial charge in [0.25, 0.3) is 5.91 Å². The number of carbonyl (C=O) groups excluding carboxylic acids is 2. The van der Waals surface area contributed by atoms with Crippen molar-refractivity contribution in [3.05, 3.63) is 29.8 Å². The van der Waals surface area contributed by atoms with Gasteiger partial charge in [0, 0.05) is 0 Å². The van der Waals surface area contributed by atoms with Crippen LogP contribution in [0.1, 0.15) is 10.4 Å². The first-order chi connectivity index (χ1) is 6.83. The summed E-state index contributed by atoms with van der Waals surface area (Å²) < 4.78 is 0. The second kappa shape index (κ2) is 3.37. The third-order valence-corrected chi connectivity index (χ3v) is 1.97. The van der Waals surface area contributed by atoms with Crippen molar-refractivity contribution in [1.29, 1.82) is 0 Å². The zero-order valence-electron chi connectivity index (χ0n) is 7.27. The van der Waals surface area contributed by atoms with E-state index in [4.69, 9.17) is 4.84 Å². The summed E-state index contributed by atoms with van der Waals surface area (Å²) in [7, 11) is 0. The normalized spacial score (nSPS) is 14.3. The minimum atomic E-state index is -0.161. The lowest BCUT2D eigenvalue weighted by atomic mass is 10.1. The van der Waals surface area contributed by atoms with Gasteiger partial charge in [0.2, 0.25) is 0 Å². The second-order valence-electron chi connectivity index (χ2n) is 2.76. The average molecular weight is 192 g/mol. The van der Waals surface area contributed by atoms with Crippen molar-refractivity contribution in [2.45, 2.75) is 0 Å². The fourth-order valence-electron chi connectivity index (χ4n) is 1.35. The molecule has 1 heterocycles. The molecular formula is C9H8N2O3. The molecular weight excluding hydrogens is 184 g/mol. The van der Waals surface area contributed by atoms with E-state index in [0.717, 1.165) is 0 Å². The highest BCUT2D eigenvalue weighted by Crippen LogP contribution is 2.22. The van der Waals surface area contributed by atoms with Crippen LogP contribution in [0, 0.1) is 0 Å². The maximum absolute atomic E-state index is 11.4. The molecule has 2 rings (SSSR count). The van der Waals surface area contributed by atoms with Crippen LogP contribution in [0.4, 0.5) is 5.69 Å². The number of nitrogens with one attached hydrogen (secondary N) is 1. The molecule has 0 aliphatic carbocycles. The molecule has 1 aliphatic rings. The van der Waals surface area contributed by atoms with E-state index in [1.165, 1.54) is 5.06 Å². The molecule has 0 radical (unpaired) electrons. The first kappa shape index (κ1) is 8.55. The molecule has 0 saturated heterocycles. The van der Waals surface area contributed by atoms with Gasteiger partial charge in [-0.2, -0.15) is 5.06 Å². The van der Waals surface area contributed by atoms with Crippen molar-refractivity contribution < 1.29 is 14.4 Å². The van der Waals surface area contributed by atoms with E-state index in [0.29, 0.717) is 17.7 Å². The van der Waals surface area contributed by atoms with Crippen LogP contribution in [-0.2, 0) is 9.63 Å². The Morgan fingerprint density at radius 1 is 1.43 bits per heavy atom. The Morgan fingerprint density at radius 2 is 2.21 bits per heavy atom. The maximum Gasteiger partial charge on any atom is 0.320 e. The molecule has 5 nitrogen and oxygen atoms in total. The summed E-state index contributed by atoms with van der Waals surface area (Å²) in [4.78, 5) is 26.2. The van der Waals surface area contributed by atoms with E-state index in [9.17, 15) is 9.59 Å². The SMILES string of the molecule is O=CON1CNC(=O)c2ccccc21. The van der Waals surface area contributed by atoms with Crippen LogP contribution in [0.2, 0.25) is 0 Å². The largest absolute Gasteiger partial charge is 0.342 e. The minimum Gasteiger partial charge on any atom is -0.342 e. The highest BCUT2D eigenvalue weighted by Gasteiger charge is 2.22. The van der Waals surface area contributed by atoms with E-state index < -0.39 is 0 Å². The molecule has 1 aromatic carbocycles. The first-order valence-corrected chi connectivity index (χ1v) is 4.08. The number of benzene rings is 1. The Bertz CT molecular complexity index is 378. The van der Waals surface area contributed by atoms with E-state index >= 15 is 0 Å². The Morgan fingerprint density at radius 3 is 3.00 bits per heavy atom. The van der Waals surface area contributed by atoms with Gasteiger partial charge in [-0.15, -0.1) is 0 Å². The van der Waals surface area contributed by atoms with Gasteiger partial charge < -0.3 is 10.2 Å². The molecule has 14 heavy (non-hydrogen) atoms. The second-order valence-corrected chi connectivity index (χ2v) is 2.76. The van der Waals surface area contributed by atoms with Crippen LogP contribution < -0.4 is 10.4 Å². The number of amides is 1. The van der Waals surface area contributed by atoms with Gasteiger partial charge in [-0.05, 0) is 12.1 Å². The Hall–Kier alpha value is -2.04. The van der Waals surface area contributed by atoms with E-state index in [1.54, 1.807) is 24.3 Å². The molecule has 0 unspecified atom stereocenters. The lowest BCUT2D eigenvalue weighted by molar-refractivity contribution is -0.130. The summed E-state index contributed by atoms with van der Waals surface area (Å²) >= 11 is 0. The summed E-state index contributed by atoms with van der Waals surface area (Å²) in [6.07, 6.45) is 0. The standard InChI is InChI=1S/C9H8N2O3/c12-6-14-11-5-10-9(13)7-3-1-2-4-8(7)11/h1-4,6H,5H2,(H,10,13). The van der Waals surface area contributed by atoms with Crippen LogP contribution in [-0.4, -0.2) is 19.0 Å². The van der Waals surface area contributed by atoms with Crippen molar-refractivity contribution >= 4 is 18.1 Å². The molecule has 0 saturated carbocycles. The van der Waals surface area contributed by atoms with Crippen LogP contribution >= 0.6 is 0 Å². The molecule has 5 heteroatoms. The molecule has 0 fully saturated rings. The summed E-state index contributed by atoms with van der Waals surface area (Å²) in [5.41, 5.74) is 1.10. The summed E-state index contributed by atoms with van der Waals surface area (Å²) in [5, 5.41) is 3.90. The van der Waals surface area contributed by atoms with E-state index in [2.05, 4.69) is 5.32 Å². The Kier molecular flexibility index (Phi) is 2.06. The highest BCUT2D eigenvalue weighted by molar-refractivity contribution is 6.01. The van der Waals surface area contributed by atoms with E-state index in [1.807, 2.05) is 0 Å². The molecule has 0 atom stereocenters. The van der Waals surface area contributed by atoms with Crippen molar-refractivity contribution in [1.82, 2.24) is 5.32 Å². The zero-order valence-corrected chi connectivity index (χ0v) is 7.27. The average Bonchev–Trinajstić information content (AvgIpc) is 2.23. The van der Waals surface area contributed by atoms with Crippen molar-refractivity contribution in [2.75, 3.05) is 11.7 Å². The van der Waals surface area contributed by atoms with Crippen molar-refractivity contribution in [2.24, 2.45) is 0 Å². The van der Waals surface area contributed by atoms with Crippen LogP contribution in [0.3, 0.4) is 0 Å². The monoisotopic (exact) mass is 192 g/mol. The quantitative estimate of drug-likeness (QED) is 0.684. The lowest BCUT2D eigenvalue weighted by Crippen LogP contribution is -2.43. The van der Waals surface area contributed by atoms with Crippen LogP contribution in [0.25, 0.3) is 0 Å². The van der Waals surface area contributed by atoms with Gasteiger partial charge in [0.1, 0.15) is 6.67 Å². The predicted molar refractivity (Wildman–Crippen MR) is 48.4 cm³/mol. The fraction of sp³-hybridized carbons (Fsp3) is 0.111. The van der Waals surface area contributed by atoms with Gasteiger partial charge in [-0.25, -0.2) is 0 Å². The summed E-state index contributed by atoms with van der Waals surface area (Å²) in [6.45, 7) is 0.503. The highest BCUT2D eigenvalue weighted by atomic mass is 16.7. The number of rotatable bonds is 2. The topological polar surface area (TPSA) is 58.6 Å². The summed E-state index contributed by atoms with van der Waals surface area (Å²) in [6, 6.07) is 6.92. The molecule has 0 bridgehead atoms. The van der Waals surface area contributed by atoms with E-state index in [-0.39, 0.29) is 12.6 Å². The number of para-hydroxylation sites is 1. The predicted octanol–water partition coefficient (Wildman–Crippen LogP) is 0.282. The van der Waals surface area contributed by atoms with Crippen LogP contribution in [0.5, 0.6) is 0 Å². The Balaban J connectivity index is 2.41. The zero-order chi connectivity index (χ0) is 9.97. The minimum absolute atomic E-state index is 0.161. The van der Waals surface area contributed by atoms with Gasteiger partial charge in [-0.3, -0.25) is 9.59 Å². The Labute approximate surface area is 80.2 Å². The number of anilines is 1. The number of hydrogen-bond donors (Lipinski definition) is 1. The summed E-state index contributed by atoms with van der Waals surface area (Å²) in [5.74, 6) is -0.161. The van der Waals surface area contributed by atoms with Gasteiger partial charge in [0.15, 0.2) is 0 Å². The third kappa shape index (κ3) is 1.28. The smallest absolute Gasteiger partial charge is 0.320 e. The molecule has 0 spiro atoms. The number of hydrogen-bond acceptors (Lipinski definition) is 4. The van der Waals surface area contributed by atoms with Crippen molar-refractivity contribution in [3.8, 4) is 0 Å². The lowest BCUT2D eigenvalue weighted by Gasteiger charge is -2.27. The molecule has 72 valence electrons. The molecule has 0 aromatic heterocycles. The van der Waals surface area contributed by atoms with Gasteiger partial charge in [-0.1, -0.05) is 12.1 Å². The number of hydroxylamine groups is 1. The third-order valence-electron chi connectivity index (χ3n) is 1.97. The number of carbonyl (C=O) groups is 2. The van der Waals surface area contributed by atoms with Gasteiger partial charge in [0.05, 0.1) is 11.3 Å². The maximum atomic E-state index is 11.4. The molecule has 1 N–H and O–H groups in total. The molecule has 1 aromatic rings. The number of fused-ring (bicyclic) bond motifs is 1. The van der Waals surface area contributed by atoms with Crippen LogP contribution in [0.15, 0.2) is 24.3 Å². The first-order valence-electron chi connectivity index (χ1n) is 4.08. The van der Waals surface area contributed by atoms with Gasteiger partial charge >= 0.3 is 6.47 Å². The van der Waals surface area contributed by atoms with Crippen molar-refractivity contribution in [3.63, 3.8) is 0 Å². The fourth-order valence-corrected chi connectivity index (χ4v) is 1.35.